The topological polar surface area (TPSA) is 77.1 Å². The average Bonchev–Trinajstić information content (AvgIpc) is 3.27. The van der Waals surface area contributed by atoms with Crippen LogP contribution >= 0.6 is 0 Å². The monoisotopic (exact) mass is 332 g/mol. The Labute approximate surface area is 144 Å². The Morgan fingerprint density at radius 1 is 1.08 bits per heavy atom. The van der Waals surface area contributed by atoms with Gasteiger partial charge in [0.2, 0.25) is 5.78 Å². The Hall–Kier alpha value is -3.48. The lowest BCUT2D eigenvalue weighted by Gasteiger charge is -2.08. The van der Waals surface area contributed by atoms with Crippen LogP contribution < -0.4 is 5.32 Å². The zero-order chi connectivity index (χ0) is 17.1. The number of aryl methyl sites for hydroxylation is 2. The van der Waals surface area contributed by atoms with E-state index in [1.165, 1.54) is 5.56 Å². The first kappa shape index (κ1) is 15.1. The fourth-order valence-electron chi connectivity index (χ4n) is 2.62. The van der Waals surface area contributed by atoms with Crippen LogP contribution in [0.25, 0.3) is 5.78 Å². The van der Waals surface area contributed by atoms with Crippen LogP contribution in [-0.4, -0.2) is 30.1 Å². The summed E-state index contributed by atoms with van der Waals surface area (Å²) in [6.07, 6.45) is 7.61. The molecule has 0 bridgehead atoms. The summed E-state index contributed by atoms with van der Waals surface area (Å²) in [7, 11) is 0. The van der Waals surface area contributed by atoms with Crippen LogP contribution in [0.15, 0.2) is 67.3 Å². The standard InChI is InChI=1S/C18H16N6O/c25-17(15-13-23-11-4-9-19-18(23)21-15)22-16-7-10-20-24(16)12-8-14-5-2-1-3-6-14/h1-7,9-11,13H,8,12H2,(H,22,25). The number of benzene rings is 1. The van der Waals surface area contributed by atoms with Crippen LogP contribution in [0.5, 0.6) is 0 Å². The van der Waals surface area contributed by atoms with Crippen molar-refractivity contribution < 1.29 is 4.79 Å². The molecule has 7 nitrogen and oxygen atoms in total. The molecule has 0 radical (unpaired) electrons. The van der Waals surface area contributed by atoms with E-state index in [-0.39, 0.29) is 5.91 Å². The first-order valence-corrected chi connectivity index (χ1v) is 7.96. The fourth-order valence-corrected chi connectivity index (χ4v) is 2.62. The molecule has 1 aromatic carbocycles. The third-order valence-electron chi connectivity index (χ3n) is 3.88. The molecular weight excluding hydrogens is 316 g/mol. The summed E-state index contributed by atoms with van der Waals surface area (Å²) in [5, 5.41) is 7.15. The molecule has 0 aliphatic rings. The molecule has 0 unspecified atom stereocenters. The van der Waals surface area contributed by atoms with Crippen LogP contribution in [0.4, 0.5) is 5.82 Å². The SMILES string of the molecule is O=C(Nc1ccnn1CCc1ccccc1)c1cn2cccnc2n1. The fraction of sp³-hybridized carbons (Fsp3) is 0.111. The molecule has 1 N–H and O–H groups in total. The van der Waals surface area contributed by atoms with Gasteiger partial charge in [0, 0.05) is 31.2 Å². The van der Waals surface area contributed by atoms with E-state index in [9.17, 15) is 4.79 Å². The predicted octanol–water partition coefficient (Wildman–Crippen LogP) is 2.42. The lowest BCUT2D eigenvalue weighted by molar-refractivity contribution is 0.102. The number of hydrogen-bond acceptors (Lipinski definition) is 4. The van der Waals surface area contributed by atoms with Crippen molar-refractivity contribution in [3.05, 3.63) is 78.5 Å². The van der Waals surface area contributed by atoms with Crippen molar-refractivity contribution in [1.82, 2.24) is 24.1 Å². The molecule has 25 heavy (non-hydrogen) atoms. The van der Waals surface area contributed by atoms with E-state index in [0.717, 1.165) is 6.42 Å². The van der Waals surface area contributed by atoms with E-state index in [1.807, 2.05) is 18.2 Å². The minimum absolute atomic E-state index is 0.285. The van der Waals surface area contributed by atoms with Gasteiger partial charge in [0.1, 0.15) is 11.5 Å². The van der Waals surface area contributed by atoms with Crippen LogP contribution in [0.2, 0.25) is 0 Å². The van der Waals surface area contributed by atoms with Crippen molar-refractivity contribution in [3.63, 3.8) is 0 Å². The number of fused-ring (bicyclic) bond motifs is 1. The molecule has 0 atom stereocenters. The van der Waals surface area contributed by atoms with Gasteiger partial charge < -0.3 is 5.32 Å². The number of carbonyl (C=O) groups excluding carboxylic acids is 1. The third-order valence-corrected chi connectivity index (χ3v) is 3.88. The zero-order valence-corrected chi connectivity index (χ0v) is 13.4. The minimum atomic E-state index is -0.285. The second-order valence-corrected chi connectivity index (χ2v) is 5.58. The van der Waals surface area contributed by atoms with E-state index >= 15 is 0 Å². The van der Waals surface area contributed by atoms with Crippen molar-refractivity contribution >= 4 is 17.5 Å². The first-order valence-electron chi connectivity index (χ1n) is 7.96. The number of amides is 1. The van der Waals surface area contributed by atoms with E-state index in [4.69, 9.17) is 0 Å². The lowest BCUT2D eigenvalue weighted by atomic mass is 10.1. The largest absolute Gasteiger partial charge is 0.305 e. The van der Waals surface area contributed by atoms with Crippen molar-refractivity contribution in [3.8, 4) is 0 Å². The Morgan fingerprint density at radius 3 is 2.80 bits per heavy atom. The molecule has 3 heterocycles. The predicted molar refractivity (Wildman–Crippen MR) is 93.3 cm³/mol. The molecule has 3 aromatic heterocycles. The number of rotatable bonds is 5. The summed E-state index contributed by atoms with van der Waals surface area (Å²) in [6.45, 7) is 0.680. The maximum atomic E-state index is 12.5. The van der Waals surface area contributed by atoms with E-state index in [2.05, 4.69) is 32.5 Å². The van der Waals surface area contributed by atoms with Crippen molar-refractivity contribution in [2.45, 2.75) is 13.0 Å². The van der Waals surface area contributed by atoms with Crippen molar-refractivity contribution in [1.29, 1.82) is 0 Å². The Bertz CT molecular complexity index is 972. The van der Waals surface area contributed by atoms with Gasteiger partial charge in [0.05, 0.1) is 6.20 Å². The molecule has 0 saturated heterocycles. The number of carbonyl (C=O) groups is 1. The summed E-state index contributed by atoms with van der Waals surface area (Å²) < 4.78 is 3.49. The highest BCUT2D eigenvalue weighted by Gasteiger charge is 2.13. The van der Waals surface area contributed by atoms with Gasteiger partial charge in [0.15, 0.2) is 0 Å². The van der Waals surface area contributed by atoms with Gasteiger partial charge in [0.25, 0.3) is 5.91 Å². The van der Waals surface area contributed by atoms with Crippen LogP contribution in [-0.2, 0) is 13.0 Å². The molecule has 0 aliphatic carbocycles. The summed E-state index contributed by atoms with van der Waals surface area (Å²) in [5.41, 5.74) is 1.54. The highest BCUT2D eigenvalue weighted by Crippen LogP contribution is 2.11. The normalized spacial score (nSPS) is 10.9. The van der Waals surface area contributed by atoms with Gasteiger partial charge in [-0.2, -0.15) is 5.10 Å². The van der Waals surface area contributed by atoms with Crippen LogP contribution in [0.1, 0.15) is 16.1 Å². The average molecular weight is 332 g/mol. The number of aromatic nitrogens is 5. The van der Waals surface area contributed by atoms with Crippen molar-refractivity contribution in [2.24, 2.45) is 0 Å². The molecule has 0 aliphatic heterocycles. The van der Waals surface area contributed by atoms with E-state index < -0.39 is 0 Å². The second-order valence-electron chi connectivity index (χ2n) is 5.58. The lowest BCUT2D eigenvalue weighted by Crippen LogP contribution is -2.16. The molecule has 124 valence electrons. The van der Waals surface area contributed by atoms with Gasteiger partial charge in [-0.05, 0) is 18.1 Å². The molecule has 4 aromatic rings. The molecule has 7 heteroatoms. The zero-order valence-electron chi connectivity index (χ0n) is 13.4. The molecule has 0 spiro atoms. The third kappa shape index (κ3) is 3.25. The van der Waals surface area contributed by atoms with Gasteiger partial charge in [-0.3, -0.25) is 9.20 Å². The van der Waals surface area contributed by atoms with E-state index in [1.54, 1.807) is 46.0 Å². The smallest absolute Gasteiger partial charge is 0.277 e. The van der Waals surface area contributed by atoms with Gasteiger partial charge in [-0.15, -0.1) is 0 Å². The van der Waals surface area contributed by atoms with Crippen LogP contribution in [0, 0.1) is 0 Å². The minimum Gasteiger partial charge on any atom is -0.305 e. The second kappa shape index (κ2) is 6.56. The maximum Gasteiger partial charge on any atom is 0.277 e. The molecule has 0 fully saturated rings. The van der Waals surface area contributed by atoms with Crippen molar-refractivity contribution in [2.75, 3.05) is 5.32 Å². The quantitative estimate of drug-likeness (QED) is 0.609. The maximum absolute atomic E-state index is 12.5. The number of anilines is 1. The highest BCUT2D eigenvalue weighted by atomic mass is 16.2. The van der Waals surface area contributed by atoms with Gasteiger partial charge in [-0.25, -0.2) is 14.6 Å². The highest BCUT2D eigenvalue weighted by molar-refractivity contribution is 6.02. The van der Waals surface area contributed by atoms with E-state index in [0.29, 0.717) is 23.8 Å². The molecule has 4 rings (SSSR count). The molecule has 1 amide bonds. The van der Waals surface area contributed by atoms with Gasteiger partial charge in [-0.1, -0.05) is 30.3 Å². The van der Waals surface area contributed by atoms with Gasteiger partial charge >= 0.3 is 0 Å². The Morgan fingerprint density at radius 2 is 1.96 bits per heavy atom. The molecule has 0 saturated carbocycles. The summed E-state index contributed by atoms with van der Waals surface area (Å²) in [4.78, 5) is 20.8. The number of imidazole rings is 1. The first-order chi connectivity index (χ1) is 12.3. The molecular formula is C18H16N6O. The summed E-state index contributed by atoms with van der Waals surface area (Å²) in [6, 6.07) is 13.7. The number of nitrogens with one attached hydrogen (secondary N) is 1. The number of hydrogen-bond donors (Lipinski definition) is 1. The number of nitrogens with zero attached hydrogens (tertiary/aromatic N) is 5. The summed E-state index contributed by atoms with van der Waals surface area (Å²) >= 11 is 0. The van der Waals surface area contributed by atoms with Crippen LogP contribution in [0.3, 0.4) is 0 Å². The summed E-state index contributed by atoms with van der Waals surface area (Å²) in [5.74, 6) is 0.850. The Balaban J connectivity index is 1.47. The Kier molecular flexibility index (Phi) is 3.96.